The number of nitrogens with zero attached hydrogens (tertiary/aromatic N) is 3. The Bertz CT molecular complexity index is 1060. The van der Waals surface area contributed by atoms with Crippen molar-refractivity contribution < 1.29 is 23.1 Å². The van der Waals surface area contributed by atoms with Crippen LogP contribution in [0.5, 0.6) is 0 Å². The zero-order valence-electron chi connectivity index (χ0n) is 19.2. The van der Waals surface area contributed by atoms with Gasteiger partial charge in [-0.15, -0.1) is 0 Å². The lowest BCUT2D eigenvalue weighted by molar-refractivity contribution is -0.124. The van der Waals surface area contributed by atoms with E-state index < -0.39 is 27.8 Å². The highest BCUT2D eigenvalue weighted by Gasteiger charge is 2.43. The maximum atomic E-state index is 13.3. The fourth-order valence-electron chi connectivity index (χ4n) is 4.06. The Hall–Kier alpha value is -2.43. The van der Waals surface area contributed by atoms with E-state index in [4.69, 9.17) is 0 Å². The molecule has 0 aromatic heterocycles. The van der Waals surface area contributed by atoms with E-state index in [2.05, 4.69) is 11.3 Å². The number of likely N-dealkylation sites (N-methyl/N-ethyl adjacent to an activating group) is 1. The molecule has 0 spiro atoms. The van der Waals surface area contributed by atoms with Crippen molar-refractivity contribution in [2.24, 2.45) is 5.92 Å². The van der Waals surface area contributed by atoms with Crippen LogP contribution < -0.4 is 9.62 Å². The first-order chi connectivity index (χ1) is 15.5. The van der Waals surface area contributed by atoms with Crippen LogP contribution in [0.15, 0.2) is 35.7 Å². The Kier molecular flexibility index (Phi) is 6.28. The summed E-state index contributed by atoms with van der Waals surface area (Å²) in [5, 5.41) is 11.0. The van der Waals surface area contributed by atoms with Gasteiger partial charge < -0.3 is 14.9 Å². The average Bonchev–Trinajstić information content (AvgIpc) is 3.71. The molecular weight excluding hydrogens is 444 g/mol. The Morgan fingerprint density at radius 1 is 1.33 bits per heavy atom. The molecule has 3 aliphatic rings. The lowest BCUT2D eigenvalue weighted by atomic mass is 10.1. The molecule has 2 amide bonds. The minimum Gasteiger partial charge on any atom is -0.356 e. The van der Waals surface area contributed by atoms with E-state index in [9.17, 15) is 23.1 Å². The highest BCUT2D eigenvalue weighted by atomic mass is 32.2. The molecule has 0 radical (unpaired) electrons. The summed E-state index contributed by atoms with van der Waals surface area (Å²) in [6, 6.07) is 4.53. The Morgan fingerprint density at radius 2 is 2.03 bits per heavy atom. The van der Waals surface area contributed by atoms with E-state index in [0.717, 1.165) is 25.7 Å². The largest absolute Gasteiger partial charge is 0.356 e. The SMILES string of the molecule is C=CC(=O)N(C)CCCN1C(=O)c2cc(S(=O)(=O)NC3(C)CC3)ccc2N(CC2CC2)C1O. The van der Waals surface area contributed by atoms with Crippen molar-refractivity contribution in [3.8, 4) is 0 Å². The van der Waals surface area contributed by atoms with Crippen molar-refractivity contribution in [1.82, 2.24) is 14.5 Å². The summed E-state index contributed by atoms with van der Waals surface area (Å²) in [6.07, 6.45) is 4.25. The standard InChI is InChI=1S/C23H32N4O5S/c1-4-20(28)25(3)12-5-13-26-21(29)18-14-17(33(31,32)24-23(2)10-11-23)8-9-19(18)27(22(26)30)15-16-6-7-16/h4,8-9,14,16,22,24,30H,1,5-7,10-13,15H2,2-3H3. The Balaban J connectivity index is 1.59. The topological polar surface area (TPSA) is 110 Å². The second-order valence-corrected chi connectivity index (χ2v) is 11.3. The van der Waals surface area contributed by atoms with Gasteiger partial charge in [-0.2, -0.15) is 0 Å². The molecule has 1 unspecified atom stereocenters. The average molecular weight is 477 g/mol. The second kappa shape index (κ2) is 8.73. The molecule has 2 N–H and O–H groups in total. The van der Waals surface area contributed by atoms with Crippen LogP contribution in [0.25, 0.3) is 0 Å². The molecule has 1 atom stereocenters. The van der Waals surface area contributed by atoms with Crippen LogP contribution in [0.1, 0.15) is 49.4 Å². The summed E-state index contributed by atoms with van der Waals surface area (Å²) in [7, 11) is -2.12. The minimum atomic E-state index is -3.77. The predicted molar refractivity (Wildman–Crippen MR) is 124 cm³/mol. The number of amides is 2. The van der Waals surface area contributed by atoms with Crippen LogP contribution in [-0.2, 0) is 14.8 Å². The quantitative estimate of drug-likeness (QED) is 0.495. The highest BCUT2D eigenvalue weighted by Crippen LogP contribution is 2.39. The van der Waals surface area contributed by atoms with Crippen LogP contribution in [0.2, 0.25) is 0 Å². The molecule has 9 nitrogen and oxygen atoms in total. The van der Waals surface area contributed by atoms with E-state index in [-0.39, 0.29) is 22.9 Å². The van der Waals surface area contributed by atoms with Crippen molar-refractivity contribution in [2.75, 3.05) is 31.6 Å². The van der Waals surface area contributed by atoms with E-state index in [1.807, 2.05) is 6.92 Å². The summed E-state index contributed by atoms with van der Waals surface area (Å²) >= 11 is 0. The molecule has 10 heteroatoms. The minimum absolute atomic E-state index is 0.0433. The van der Waals surface area contributed by atoms with Crippen molar-refractivity contribution in [3.05, 3.63) is 36.4 Å². The number of hydrogen-bond donors (Lipinski definition) is 2. The van der Waals surface area contributed by atoms with Crippen molar-refractivity contribution in [1.29, 1.82) is 0 Å². The number of fused-ring (bicyclic) bond motifs is 1. The van der Waals surface area contributed by atoms with E-state index in [1.165, 1.54) is 28.0 Å². The summed E-state index contributed by atoms with van der Waals surface area (Å²) in [5.41, 5.74) is 0.389. The van der Waals surface area contributed by atoms with Gasteiger partial charge in [0.15, 0.2) is 0 Å². The Labute approximate surface area is 195 Å². The number of carbonyl (C=O) groups excluding carboxylic acids is 2. The van der Waals surface area contributed by atoms with Gasteiger partial charge in [-0.1, -0.05) is 6.58 Å². The zero-order valence-corrected chi connectivity index (χ0v) is 20.0. The number of benzene rings is 1. The fourth-order valence-corrected chi connectivity index (χ4v) is 5.55. The van der Waals surface area contributed by atoms with Crippen molar-refractivity contribution >= 4 is 27.5 Å². The Morgan fingerprint density at radius 3 is 2.64 bits per heavy atom. The van der Waals surface area contributed by atoms with Crippen molar-refractivity contribution in [3.63, 3.8) is 0 Å². The van der Waals surface area contributed by atoms with Crippen LogP contribution in [0, 0.1) is 5.92 Å². The third kappa shape index (κ3) is 5.07. The van der Waals surface area contributed by atoms with Gasteiger partial charge in [0.1, 0.15) is 0 Å². The van der Waals surface area contributed by atoms with Gasteiger partial charge in [0, 0.05) is 32.2 Å². The van der Waals surface area contributed by atoms with Gasteiger partial charge in [0.25, 0.3) is 5.91 Å². The van der Waals surface area contributed by atoms with Gasteiger partial charge in [-0.05, 0) is 69.2 Å². The molecule has 1 aromatic rings. The van der Waals surface area contributed by atoms with Crippen LogP contribution in [-0.4, -0.2) is 73.7 Å². The predicted octanol–water partition coefficient (Wildman–Crippen LogP) is 1.50. The van der Waals surface area contributed by atoms with Crippen LogP contribution >= 0.6 is 0 Å². The first-order valence-corrected chi connectivity index (χ1v) is 12.8. The molecule has 2 fully saturated rings. The summed E-state index contributed by atoms with van der Waals surface area (Å²) < 4.78 is 28.5. The molecule has 2 saturated carbocycles. The number of rotatable bonds is 10. The molecule has 0 saturated heterocycles. The maximum absolute atomic E-state index is 13.3. The number of anilines is 1. The number of carbonyl (C=O) groups is 2. The first-order valence-electron chi connectivity index (χ1n) is 11.4. The molecule has 1 aromatic carbocycles. The van der Waals surface area contributed by atoms with Crippen molar-refractivity contribution in [2.45, 2.75) is 55.8 Å². The number of nitrogens with one attached hydrogen (secondary N) is 1. The van der Waals surface area contributed by atoms with E-state index >= 15 is 0 Å². The fraction of sp³-hybridized carbons (Fsp3) is 0.565. The number of hydrogen-bond acceptors (Lipinski definition) is 6. The molecular formula is C23H32N4O5S. The third-order valence-corrected chi connectivity index (χ3v) is 8.25. The molecule has 0 bridgehead atoms. The summed E-state index contributed by atoms with van der Waals surface area (Å²) in [5.74, 6) is -0.191. The monoisotopic (exact) mass is 476 g/mol. The third-order valence-electron chi connectivity index (χ3n) is 6.61. The van der Waals surface area contributed by atoms with Gasteiger partial charge in [-0.25, -0.2) is 13.1 Å². The number of aliphatic hydroxyl groups excluding tert-OH is 1. The van der Waals surface area contributed by atoms with Gasteiger partial charge in [-0.3, -0.25) is 14.5 Å². The van der Waals surface area contributed by atoms with Gasteiger partial charge in [0.05, 0.1) is 16.1 Å². The van der Waals surface area contributed by atoms with Crippen LogP contribution in [0.3, 0.4) is 0 Å². The first kappa shape index (κ1) is 23.7. The molecule has 180 valence electrons. The van der Waals surface area contributed by atoms with Gasteiger partial charge >= 0.3 is 0 Å². The molecule has 4 rings (SSSR count). The molecule has 2 aliphatic carbocycles. The molecule has 1 aliphatic heterocycles. The maximum Gasteiger partial charge on any atom is 0.259 e. The molecule has 33 heavy (non-hydrogen) atoms. The smallest absolute Gasteiger partial charge is 0.259 e. The van der Waals surface area contributed by atoms with E-state index in [1.54, 1.807) is 18.0 Å². The summed E-state index contributed by atoms with van der Waals surface area (Å²) in [6.45, 7) is 6.54. The molecule has 1 heterocycles. The van der Waals surface area contributed by atoms with E-state index in [0.29, 0.717) is 31.1 Å². The highest BCUT2D eigenvalue weighted by molar-refractivity contribution is 7.89. The number of aliphatic hydroxyl groups is 1. The van der Waals surface area contributed by atoms with Crippen LogP contribution in [0.4, 0.5) is 5.69 Å². The number of sulfonamides is 1. The second-order valence-electron chi connectivity index (χ2n) is 9.60. The summed E-state index contributed by atoms with van der Waals surface area (Å²) in [4.78, 5) is 29.7. The lowest BCUT2D eigenvalue weighted by Gasteiger charge is -2.43. The normalized spacial score (nSPS) is 21.5. The lowest BCUT2D eigenvalue weighted by Crippen LogP contribution is -2.56. The van der Waals surface area contributed by atoms with Gasteiger partial charge in [0.2, 0.25) is 22.3 Å². The zero-order chi connectivity index (χ0) is 24.0.